The number of methoxy groups -OCH3 is 1. The molecule has 1 N–H and O–H groups in total. The molecule has 54 valence electrons. The smallest absolute Gasteiger partial charge is 0.0635 e. The Hall–Kier alpha value is -0.120. The lowest BCUT2D eigenvalue weighted by atomic mass is 9.88. The minimum atomic E-state index is -0.0747. The van der Waals surface area contributed by atoms with Crippen LogP contribution in [0.25, 0.3) is 0 Å². The molecule has 0 spiro atoms. The summed E-state index contributed by atoms with van der Waals surface area (Å²) in [5.41, 5.74) is -0.0747. The van der Waals surface area contributed by atoms with E-state index in [1.54, 1.807) is 7.11 Å². The van der Waals surface area contributed by atoms with E-state index >= 15 is 0 Å². The van der Waals surface area contributed by atoms with E-state index in [1.807, 2.05) is 0 Å². The zero-order valence-corrected chi connectivity index (χ0v) is 5.59. The van der Waals surface area contributed by atoms with Gasteiger partial charge in [0, 0.05) is 7.11 Å². The zero-order valence-electron chi connectivity index (χ0n) is 5.59. The molecule has 0 atom stereocenters. The van der Waals surface area contributed by atoms with Gasteiger partial charge in [0.05, 0.1) is 31.8 Å². The second-order valence-electron chi connectivity index (χ2n) is 2.58. The van der Waals surface area contributed by atoms with Gasteiger partial charge in [-0.3, -0.25) is 0 Å². The molecule has 0 bridgehead atoms. The van der Waals surface area contributed by atoms with E-state index < -0.39 is 0 Å². The molecule has 0 saturated carbocycles. The number of aliphatic hydroxyl groups excluding tert-OH is 1. The fourth-order valence-corrected chi connectivity index (χ4v) is 0.917. The molecule has 0 aromatic heterocycles. The lowest BCUT2D eigenvalue weighted by molar-refractivity contribution is -0.163. The first-order chi connectivity index (χ1) is 4.33. The first-order valence-corrected chi connectivity index (χ1v) is 3.00. The number of ether oxygens (including phenoxy) is 2. The van der Waals surface area contributed by atoms with Crippen LogP contribution in [0, 0.1) is 5.41 Å². The molecule has 9 heavy (non-hydrogen) atoms. The van der Waals surface area contributed by atoms with Crippen LogP contribution in [-0.2, 0) is 9.47 Å². The maximum atomic E-state index is 8.81. The Morgan fingerprint density at radius 1 is 1.67 bits per heavy atom. The molecule has 0 aromatic carbocycles. The summed E-state index contributed by atoms with van der Waals surface area (Å²) in [6, 6.07) is 0. The maximum Gasteiger partial charge on any atom is 0.0635 e. The molecule has 0 amide bonds. The van der Waals surface area contributed by atoms with Crippen molar-refractivity contribution in [2.75, 3.05) is 33.5 Å². The van der Waals surface area contributed by atoms with Gasteiger partial charge in [-0.25, -0.2) is 0 Å². The molecule has 0 unspecified atom stereocenters. The average molecular weight is 132 g/mol. The highest BCUT2D eigenvalue weighted by atomic mass is 16.5. The van der Waals surface area contributed by atoms with Crippen LogP contribution in [0.4, 0.5) is 0 Å². The molecular formula is C6H12O3. The molecule has 1 saturated heterocycles. The maximum absolute atomic E-state index is 8.81. The minimum Gasteiger partial charge on any atom is -0.396 e. The standard InChI is InChI=1S/C6H12O3/c1-8-3-6(2-7)4-9-5-6/h7H,2-5H2,1H3. The number of rotatable bonds is 3. The van der Waals surface area contributed by atoms with E-state index in [2.05, 4.69) is 0 Å². The third-order valence-electron chi connectivity index (χ3n) is 1.60. The summed E-state index contributed by atoms with van der Waals surface area (Å²) < 4.78 is 9.84. The summed E-state index contributed by atoms with van der Waals surface area (Å²) in [5.74, 6) is 0. The van der Waals surface area contributed by atoms with Crippen molar-refractivity contribution in [3.05, 3.63) is 0 Å². The molecule has 1 heterocycles. The predicted molar refractivity (Wildman–Crippen MR) is 32.2 cm³/mol. The quantitative estimate of drug-likeness (QED) is 0.570. The molecule has 1 aliphatic heterocycles. The number of aliphatic hydroxyl groups is 1. The van der Waals surface area contributed by atoms with Gasteiger partial charge in [-0.05, 0) is 0 Å². The highest BCUT2D eigenvalue weighted by Crippen LogP contribution is 2.26. The van der Waals surface area contributed by atoms with Crippen molar-refractivity contribution in [1.82, 2.24) is 0 Å². The van der Waals surface area contributed by atoms with Crippen molar-refractivity contribution in [2.45, 2.75) is 0 Å². The van der Waals surface area contributed by atoms with Crippen molar-refractivity contribution < 1.29 is 14.6 Å². The van der Waals surface area contributed by atoms with Crippen LogP contribution in [0.1, 0.15) is 0 Å². The Morgan fingerprint density at radius 2 is 2.33 bits per heavy atom. The van der Waals surface area contributed by atoms with Crippen LogP contribution in [0.5, 0.6) is 0 Å². The summed E-state index contributed by atoms with van der Waals surface area (Å²) in [4.78, 5) is 0. The normalized spacial score (nSPS) is 23.3. The van der Waals surface area contributed by atoms with E-state index in [0.717, 1.165) is 0 Å². The highest BCUT2D eigenvalue weighted by molar-refractivity contribution is 4.84. The average Bonchev–Trinajstić information content (AvgIpc) is 1.79. The summed E-state index contributed by atoms with van der Waals surface area (Å²) in [6.45, 7) is 2.04. The molecular weight excluding hydrogens is 120 g/mol. The van der Waals surface area contributed by atoms with E-state index in [1.165, 1.54) is 0 Å². The van der Waals surface area contributed by atoms with Crippen LogP contribution < -0.4 is 0 Å². The molecule has 0 aliphatic carbocycles. The molecule has 1 fully saturated rings. The fraction of sp³-hybridized carbons (Fsp3) is 1.00. The lowest BCUT2D eigenvalue weighted by Crippen LogP contribution is -2.48. The molecule has 0 aromatic rings. The van der Waals surface area contributed by atoms with Gasteiger partial charge in [0.2, 0.25) is 0 Å². The van der Waals surface area contributed by atoms with E-state index in [9.17, 15) is 0 Å². The topological polar surface area (TPSA) is 38.7 Å². The van der Waals surface area contributed by atoms with Crippen LogP contribution in [-0.4, -0.2) is 38.6 Å². The van der Waals surface area contributed by atoms with Crippen molar-refractivity contribution in [1.29, 1.82) is 0 Å². The van der Waals surface area contributed by atoms with Crippen molar-refractivity contribution in [3.8, 4) is 0 Å². The van der Waals surface area contributed by atoms with Gasteiger partial charge >= 0.3 is 0 Å². The fourth-order valence-electron chi connectivity index (χ4n) is 0.917. The van der Waals surface area contributed by atoms with Crippen LogP contribution in [0.15, 0.2) is 0 Å². The molecule has 3 heteroatoms. The monoisotopic (exact) mass is 132 g/mol. The summed E-state index contributed by atoms with van der Waals surface area (Å²) >= 11 is 0. The van der Waals surface area contributed by atoms with Gasteiger partial charge in [-0.1, -0.05) is 0 Å². The van der Waals surface area contributed by atoms with Gasteiger partial charge in [-0.2, -0.15) is 0 Å². The highest BCUT2D eigenvalue weighted by Gasteiger charge is 2.37. The summed E-state index contributed by atoms with van der Waals surface area (Å²) in [5, 5.41) is 8.81. The Balaban J connectivity index is 2.28. The van der Waals surface area contributed by atoms with Gasteiger partial charge in [0.15, 0.2) is 0 Å². The summed E-state index contributed by atoms with van der Waals surface area (Å²) in [6.07, 6.45) is 0. The van der Waals surface area contributed by atoms with Gasteiger partial charge in [-0.15, -0.1) is 0 Å². The van der Waals surface area contributed by atoms with Gasteiger partial charge in [0.1, 0.15) is 0 Å². The second-order valence-corrected chi connectivity index (χ2v) is 2.58. The Bertz CT molecular complexity index is 82.8. The van der Waals surface area contributed by atoms with E-state index in [4.69, 9.17) is 14.6 Å². The SMILES string of the molecule is COCC1(CO)COC1. The van der Waals surface area contributed by atoms with Crippen LogP contribution in [0.3, 0.4) is 0 Å². The van der Waals surface area contributed by atoms with Crippen LogP contribution >= 0.6 is 0 Å². The van der Waals surface area contributed by atoms with Crippen molar-refractivity contribution in [2.24, 2.45) is 5.41 Å². The molecule has 1 rings (SSSR count). The third-order valence-corrected chi connectivity index (χ3v) is 1.60. The zero-order chi connectivity index (χ0) is 6.74. The number of hydrogen-bond acceptors (Lipinski definition) is 3. The van der Waals surface area contributed by atoms with Crippen molar-refractivity contribution >= 4 is 0 Å². The Kier molecular flexibility index (Phi) is 2.05. The van der Waals surface area contributed by atoms with Gasteiger partial charge < -0.3 is 14.6 Å². The lowest BCUT2D eigenvalue weighted by Gasteiger charge is -2.38. The first kappa shape index (κ1) is 6.99. The van der Waals surface area contributed by atoms with Crippen LogP contribution in [0.2, 0.25) is 0 Å². The predicted octanol–water partition coefficient (Wildman–Crippen LogP) is -0.358. The largest absolute Gasteiger partial charge is 0.396 e. The first-order valence-electron chi connectivity index (χ1n) is 3.00. The number of hydrogen-bond donors (Lipinski definition) is 1. The summed E-state index contributed by atoms with van der Waals surface area (Å²) in [7, 11) is 1.63. The Labute approximate surface area is 54.6 Å². The van der Waals surface area contributed by atoms with Gasteiger partial charge in [0.25, 0.3) is 0 Å². The molecule has 0 radical (unpaired) electrons. The third kappa shape index (κ3) is 1.23. The van der Waals surface area contributed by atoms with Crippen molar-refractivity contribution in [3.63, 3.8) is 0 Å². The molecule has 3 nitrogen and oxygen atoms in total. The molecule has 1 aliphatic rings. The van der Waals surface area contributed by atoms with E-state index in [0.29, 0.717) is 19.8 Å². The minimum absolute atomic E-state index is 0.0747. The van der Waals surface area contributed by atoms with E-state index in [-0.39, 0.29) is 12.0 Å². The second kappa shape index (κ2) is 2.64. The Morgan fingerprint density at radius 3 is 2.44 bits per heavy atom.